The molecule has 2 aromatic carbocycles. The first-order valence-corrected chi connectivity index (χ1v) is 23.9. The van der Waals surface area contributed by atoms with Gasteiger partial charge in [0.05, 0.1) is 0 Å². The Morgan fingerprint density at radius 2 is 1.52 bits per heavy atom. The van der Waals surface area contributed by atoms with Crippen LogP contribution in [0.3, 0.4) is 0 Å². The summed E-state index contributed by atoms with van der Waals surface area (Å²) in [5.41, 5.74) is 0. The van der Waals surface area contributed by atoms with E-state index < -0.39 is 26.5 Å². The first kappa shape index (κ1) is 25.0. The predicted octanol–water partition coefficient (Wildman–Crippen LogP) is 0.706. The molecule has 1 radical (unpaired) electrons. The van der Waals surface area contributed by atoms with Gasteiger partial charge in [0.2, 0.25) is 0 Å². The summed E-state index contributed by atoms with van der Waals surface area (Å²) in [7, 11) is 0. The van der Waals surface area contributed by atoms with E-state index in [1.54, 1.807) is 13.2 Å². The third-order valence-corrected chi connectivity index (χ3v) is 16.3. The largest absolute Gasteiger partial charge is 2.00 e. The fourth-order valence-electron chi connectivity index (χ4n) is 2.23. The molecule has 0 amide bonds. The van der Waals surface area contributed by atoms with Crippen LogP contribution in [0.25, 0.3) is 0 Å². The zero-order chi connectivity index (χ0) is 14.7. The van der Waals surface area contributed by atoms with Crippen molar-refractivity contribution in [3.8, 4) is 0 Å². The van der Waals surface area contributed by atoms with Crippen LogP contribution in [0.15, 0.2) is 42.5 Å². The van der Waals surface area contributed by atoms with Gasteiger partial charge in [-0.1, -0.05) is 0 Å². The minimum absolute atomic E-state index is 0. The maximum atomic E-state index is 2.46. The van der Waals surface area contributed by atoms with E-state index in [1.807, 2.05) is 0 Å². The molecule has 0 saturated carbocycles. The van der Waals surface area contributed by atoms with Crippen LogP contribution < -0.4 is 13.2 Å². The molecule has 0 spiro atoms. The van der Waals surface area contributed by atoms with Crippen LogP contribution in [0, 0.1) is 0 Å². The first-order chi connectivity index (χ1) is 8.62. The van der Waals surface area contributed by atoms with Gasteiger partial charge in [-0.2, -0.15) is 0 Å². The molecule has 0 saturated heterocycles. The van der Waals surface area contributed by atoms with E-state index in [4.69, 9.17) is 0 Å². The van der Waals surface area contributed by atoms with Crippen LogP contribution in [0.4, 0.5) is 0 Å². The molecule has 0 fully saturated rings. The third-order valence-electron chi connectivity index (χ3n) is 3.37. The van der Waals surface area contributed by atoms with E-state index in [-0.39, 0.29) is 43.8 Å². The molecular formula is C16H31Ge4Zr. The Balaban J connectivity index is 0. The van der Waals surface area contributed by atoms with E-state index in [1.165, 1.54) is 0 Å². The van der Waals surface area contributed by atoms with Crippen molar-refractivity contribution in [3.05, 3.63) is 42.5 Å². The van der Waals surface area contributed by atoms with Crippen LogP contribution in [-0.2, 0) is 26.2 Å². The smallest absolute Gasteiger partial charge is 2.00 e. The minimum atomic E-state index is -1.45. The Hall–Kier alpha value is 1.75. The molecule has 115 valence electrons. The van der Waals surface area contributed by atoms with Gasteiger partial charge < -0.3 is 0 Å². The second kappa shape index (κ2) is 10.6. The molecule has 0 aliphatic heterocycles. The molecule has 0 atom stereocenters. The van der Waals surface area contributed by atoms with Crippen molar-refractivity contribution in [1.29, 1.82) is 0 Å². The quantitative estimate of drug-likeness (QED) is 0.350. The van der Waals surface area contributed by atoms with Crippen LogP contribution in [0.2, 0.25) is 34.5 Å². The van der Waals surface area contributed by atoms with Gasteiger partial charge in [0.1, 0.15) is 0 Å². The van der Waals surface area contributed by atoms with Crippen molar-refractivity contribution in [1.82, 2.24) is 0 Å². The topological polar surface area (TPSA) is 0 Å². The molecule has 0 N–H and O–H groups in total. The van der Waals surface area contributed by atoms with Crippen LogP contribution in [0.5, 0.6) is 0 Å². The maximum Gasteiger partial charge on any atom is 2.00 e. The van der Waals surface area contributed by atoms with Crippen molar-refractivity contribution < 1.29 is 26.2 Å². The molecule has 0 aliphatic rings. The molecule has 5 heteroatoms. The van der Waals surface area contributed by atoms with E-state index in [9.17, 15) is 0 Å². The second-order valence-corrected chi connectivity index (χ2v) is 30.8. The average molecular weight is 605 g/mol. The summed E-state index contributed by atoms with van der Waals surface area (Å²) in [5.74, 6) is 14.6. The molecule has 2 rings (SSSR count). The molecule has 0 heterocycles. The standard InChI is InChI=1S/C8H15Ge2.C8H13Ge.GeH3.Zr/c1-10(2,3)8-6-4-5-7(8)9;1-9(2,3)8-6-4-5-7-8;;/h4-6H,1-3,9H3;4-7H,1-3H3;1H3;/q2*-1;;+2. The number of hydrogen-bond donors (Lipinski definition) is 0. The summed E-state index contributed by atoms with van der Waals surface area (Å²) >= 11 is -2.01. The van der Waals surface area contributed by atoms with Gasteiger partial charge in [0.15, 0.2) is 0 Å². The van der Waals surface area contributed by atoms with Gasteiger partial charge in [-0.05, 0) is 0 Å². The number of rotatable bonds is 2. The molecule has 0 nitrogen and oxygen atoms in total. The average Bonchev–Trinajstić information content (AvgIpc) is 2.84. The van der Waals surface area contributed by atoms with Crippen LogP contribution in [-0.4, -0.2) is 60.6 Å². The van der Waals surface area contributed by atoms with E-state index in [2.05, 4.69) is 77.0 Å². The van der Waals surface area contributed by atoms with E-state index in [0.717, 1.165) is 16.5 Å². The Bertz CT molecular complexity index is 487. The van der Waals surface area contributed by atoms with Gasteiger partial charge in [0.25, 0.3) is 0 Å². The van der Waals surface area contributed by atoms with E-state index >= 15 is 0 Å². The summed E-state index contributed by atoms with van der Waals surface area (Å²) in [4.78, 5) is 0. The summed E-state index contributed by atoms with van der Waals surface area (Å²) < 4.78 is 5.02. The molecule has 2 aromatic rings. The van der Waals surface area contributed by atoms with Crippen molar-refractivity contribution in [3.63, 3.8) is 0 Å². The Morgan fingerprint density at radius 1 is 0.952 bits per heavy atom. The molecule has 0 bridgehead atoms. The minimum Gasteiger partial charge on any atom is 2.00 e. The summed E-state index contributed by atoms with van der Waals surface area (Å²) in [6, 6.07) is 15.6. The molecular weight excluding hydrogens is 574 g/mol. The Morgan fingerprint density at radius 3 is 1.71 bits per heavy atom. The fourth-order valence-corrected chi connectivity index (χ4v) is 17.6. The molecule has 21 heavy (non-hydrogen) atoms. The van der Waals surface area contributed by atoms with Gasteiger partial charge in [-0.3, -0.25) is 0 Å². The monoisotopic (exact) mass is 609 g/mol. The maximum absolute atomic E-state index is 2.46. The third kappa shape index (κ3) is 8.98. The molecule has 0 aliphatic carbocycles. The van der Waals surface area contributed by atoms with Crippen molar-refractivity contribution >= 4 is 73.8 Å². The summed E-state index contributed by atoms with van der Waals surface area (Å²) in [6.45, 7) is 0. The Labute approximate surface area is 175 Å². The van der Waals surface area contributed by atoms with E-state index in [0.29, 0.717) is 0 Å². The predicted molar refractivity (Wildman–Crippen MR) is 110 cm³/mol. The molecule has 0 aromatic heterocycles. The van der Waals surface area contributed by atoms with Crippen LogP contribution >= 0.6 is 0 Å². The van der Waals surface area contributed by atoms with Crippen molar-refractivity contribution in [2.24, 2.45) is 0 Å². The van der Waals surface area contributed by atoms with Gasteiger partial charge in [-0.25, -0.2) is 0 Å². The number of hydrogen-bond acceptors (Lipinski definition) is 0. The zero-order valence-electron chi connectivity index (χ0n) is 15.0. The normalized spacial score (nSPS) is 11.0. The zero-order valence-corrected chi connectivity index (χ0v) is 30.1. The SMILES string of the molecule is [CH3][Ge]([CH3])([CH3])[c]1ccc[c-]1[GeH3].[CH3][Ge]([CH3])([CH3])[c]1ccc[cH-]1.[GeH3].[Zr+2]. The van der Waals surface area contributed by atoms with Crippen molar-refractivity contribution in [2.45, 2.75) is 34.5 Å². The van der Waals surface area contributed by atoms with Gasteiger partial charge in [0, 0.05) is 0 Å². The molecule has 0 unspecified atom stereocenters. The summed E-state index contributed by atoms with van der Waals surface area (Å²) in [5, 5.41) is 0. The van der Waals surface area contributed by atoms with Gasteiger partial charge in [-0.15, -0.1) is 0 Å². The summed E-state index contributed by atoms with van der Waals surface area (Å²) in [6.07, 6.45) is 0. The first-order valence-electron chi connectivity index (χ1n) is 7.07. The second-order valence-electron chi connectivity index (χ2n) is 7.30. The Kier molecular flexibility index (Phi) is 12.6. The fraction of sp³-hybridized carbons (Fsp3) is 0.375. The van der Waals surface area contributed by atoms with Gasteiger partial charge >= 0.3 is 177 Å². The van der Waals surface area contributed by atoms with Crippen LogP contribution in [0.1, 0.15) is 0 Å². The van der Waals surface area contributed by atoms with Crippen molar-refractivity contribution in [2.75, 3.05) is 0 Å².